The van der Waals surface area contributed by atoms with Crippen molar-refractivity contribution in [1.29, 1.82) is 0 Å². The molecule has 0 saturated heterocycles. The molecule has 4 rings (SSSR count). The molecule has 11 nitrogen and oxygen atoms in total. The third kappa shape index (κ3) is 5.74. The van der Waals surface area contributed by atoms with Crippen LogP contribution in [0.1, 0.15) is 6.92 Å². The first-order valence-electron chi connectivity index (χ1n) is 11.3. The van der Waals surface area contributed by atoms with E-state index >= 15 is 0 Å². The number of hydrogen-bond acceptors (Lipinski definition) is 9. The summed E-state index contributed by atoms with van der Waals surface area (Å²) in [6.45, 7) is 2.74. The van der Waals surface area contributed by atoms with E-state index in [4.69, 9.17) is 23.7 Å². The highest BCUT2D eigenvalue weighted by molar-refractivity contribution is 5.77. The fourth-order valence-electron chi connectivity index (χ4n) is 3.38. The molecule has 0 spiro atoms. The van der Waals surface area contributed by atoms with Gasteiger partial charge in [0.1, 0.15) is 18.1 Å². The van der Waals surface area contributed by atoms with Crippen LogP contribution in [0.25, 0.3) is 17.0 Å². The number of benzene rings is 2. The number of nitrogens with one attached hydrogen (secondary N) is 1. The summed E-state index contributed by atoms with van der Waals surface area (Å²) in [5, 5.41) is 15.6. The molecule has 0 aliphatic rings. The van der Waals surface area contributed by atoms with E-state index in [9.17, 15) is 4.79 Å². The number of rotatable bonds is 12. The average molecular weight is 494 g/mol. The summed E-state index contributed by atoms with van der Waals surface area (Å²) in [4.78, 5) is 12.2. The number of methoxy groups -OCH3 is 2. The standard InChI is InChI=1S/C25H27N5O6/c1-4-34-19-7-5-6-8-20(19)36-16-23(31)26-13-14-35-24-12-11-22-27-28-25(30(22)29-24)18-10-9-17(32-2)15-21(18)33-3/h5-12,15H,4,13-14,16H2,1-3H3,(H,26,31). The molecule has 2 aromatic carbocycles. The molecular weight excluding hydrogens is 466 g/mol. The fraction of sp³-hybridized carbons (Fsp3) is 0.280. The monoisotopic (exact) mass is 493 g/mol. The van der Waals surface area contributed by atoms with Crippen molar-refractivity contribution in [3.8, 4) is 40.3 Å². The van der Waals surface area contributed by atoms with Crippen LogP contribution in [0, 0.1) is 0 Å². The second-order valence-electron chi connectivity index (χ2n) is 7.40. The Balaban J connectivity index is 1.33. The SMILES string of the molecule is CCOc1ccccc1OCC(=O)NCCOc1ccc2nnc(-c3ccc(OC)cc3OC)n2n1. The van der Waals surface area contributed by atoms with Gasteiger partial charge in [-0.2, -0.15) is 4.52 Å². The molecule has 0 atom stereocenters. The number of carbonyl (C=O) groups excluding carboxylic acids is 1. The topological polar surface area (TPSA) is 118 Å². The van der Waals surface area contributed by atoms with Crippen LogP contribution in [-0.4, -0.2) is 66.3 Å². The summed E-state index contributed by atoms with van der Waals surface area (Å²) in [5.74, 6) is 2.92. The molecular formula is C25H27N5O6. The molecule has 1 N–H and O–H groups in total. The van der Waals surface area contributed by atoms with Crippen LogP contribution in [-0.2, 0) is 4.79 Å². The highest BCUT2D eigenvalue weighted by Crippen LogP contribution is 2.32. The van der Waals surface area contributed by atoms with Crippen molar-refractivity contribution in [3.05, 3.63) is 54.6 Å². The van der Waals surface area contributed by atoms with Crippen LogP contribution in [0.5, 0.6) is 28.9 Å². The second-order valence-corrected chi connectivity index (χ2v) is 7.40. The molecule has 1 amide bonds. The first kappa shape index (κ1) is 24.6. The van der Waals surface area contributed by atoms with Crippen LogP contribution in [0.15, 0.2) is 54.6 Å². The van der Waals surface area contributed by atoms with Gasteiger partial charge >= 0.3 is 0 Å². The highest BCUT2D eigenvalue weighted by Gasteiger charge is 2.16. The van der Waals surface area contributed by atoms with Gasteiger partial charge in [-0.1, -0.05) is 12.1 Å². The van der Waals surface area contributed by atoms with Crippen molar-refractivity contribution in [2.24, 2.45) is 0 Å². The van der Waals surface area contributed by atoms with E-state index in [2.05, 4.69) is 20.6 Å². The van der Waals surface area contributed by atoms with Crippen molar-refractivity contribution >= 4 is 11.6 Å². The minimum Gasteiger partial charge on any atom is -0.497 e. The minimum absolute atomic E-state index is 0.137. The lowest BCUT2D eigenvalue weighted by atomic mass is 10.2. The molecule has 4 aromatic rings. The smallest absolute Gasteiger partial charge is 0.258 e. The quantitative estimate of drug-likeness (QED) is 0.297. The van der Waals surface area contributed by atoms with Crippen LogP contribution in [0.2, 0.25) is 0 Å². The van der Waals surface area contributed by atoms with Crippen LogP contribution in [0.3, 0.4) is 0 Å². The van der Waals surface area contributed by atoms with Crippen LogP contribution < -0.4 is 29.0 Å². The predicted molar refractivity (Wildman–Crippen MR) is 131 cm³/mol. The number of aromatic nitrogens is 4. The van der Waals surface area contributed by atoms with Gasteiger partial charge < -0.3 is 29.0 Å². The van der Waals surface area contributed by atoms with Gasteiger partial charge in [0.25, 0.3) is 5.91 Å². The lowest BCUT2D eigenvalue weighted by molar-refractivity contribution is -0.123. The van der Waals surface area contributed by atoms with Crippen LogP contribution >= 0.6 is 0 Å². The van der Waals surface area contributed by atoms with Crippen molar-refractivity contribution < 1.29 is 28.5 Å². The van der Waals surface area contributed by atoms with E-state index in [1.165, 1.54) is 0 Å². The Labute approximate surface area is 207 Å². The average Bonchev–Trinajstić information content (AvgIpc) is 3.33. The molecule has 0 unspecified atom stereocenters. The van der Waals surface area contributed by atoms with Gasteiger partial charge in [0.05, 0.1) is 32.9 Å². The number of fused-ring (bicyclic) bond motifs is 1. The second kappa shape index (κ2) is 11.7. The molecule has 0 radical (unpaired) electrons. The zero-order valence-corrected chi connectivity index (χ0v) is 20.3. The lowest BCUT2D eigenvalue weighted by Crippen LogP contribution is -2.32. The van der Waals surface area contributed by atoms with Crippen molar-refractivity contribution in [2.45, 2.75) is 6.92 Å². The van der Waals surface area contributed by atoms with Gasteiger partial charge in [0.15, 0.2) is 29.6 Å². The van der Waals surface area contributed by atoms with Crippen molar-refractivity contribution in [1.82, 2.24) is 25.1 Å². The Bertz CT molecular complexity index is 1330. The number of amides is 1. The number of ether oxygens (including phenoxy) is 5. The maximum atomic E-state index is 12.2. The number of hydrogen-bond donors (Lipinski definition) is 1. The van der Waals surface area contributed by atoms with E-state index in [1.807, 2.05) is 25.1 Å². The Hall–Kier alpha value is -4.54. The summed E-state index contributed by atoms with van der Waals surface area (Å²) in [6, 6.07) is 16.0. The normalized spacial score (nSPS) is 10.6. The largest absolute Gasteiger partial charge is 0.497 e. The van der Waals surface area contributed by atoms with E-state index in [-0.39, 0.29) is 25.7 Å². The molecule has 188 valence electrons. The molecule has 0 aliphatic carbocycles. The maximum Gasteiger partial charge on any atom is 0.258 e. The van der Waals surface area contributed by atoms with Crippen LogP contribution in [0.4, 0.5) is 0 Å². The molecule has 0 aliphatic heterocycles. The van der Waals surface area contributed by atoms with Gasteiger partial charge in [0.2, 0.25) is 5.88 Å². The van der Waals surface area contributed by atoms with Gasteiger partial charge in [-0.05, 0) is 37.3 Å². The van der Waals surface area contributed by atoms with E-state index < -0.39 is 0 Å². The Morgan fingerprint density at radius 2 is 1.72 bits per heavy atom. The van der Waals surface area contributed by atoms with Gasteiger partial charge in [-0.15, -0.1) is 15.3 Å². The summed E-state index contributed by atoms with van der Waals surface area (Å²) in [7, 11) is 3.16. The molecule has 2 aromatic heterocycles. The molecule has 11 heteroatoms. The third-order valence-corrected chi connectivity index (χ3v) is 5.07. The van der Waals surface area contributed by atoms with Gasteiger partial charge in [0, 0.05) is 12.1 Å². The first-order valence-corrected chi connectivity index (χ1v) is 11.3. The summed E-state index contributed by atoms with van der Waals surface area (Å²) < 4.78 is 29.1. The van der Waals surface area contributed by atoms with Gasteiger partial charge in [-0.3, -0.25) is 4.79 Å². The molecule has 36 heavy (non-hydrogen) atoms. The maximum absolute atomic E-state index is 12.2. The zero-order chi connectivity index (χ0) is 25.3. The summed E-state index contributed by atoms with van der Waals surface area (Å²) in [6.07, 6.45) is 0. The van der Waals surface area contributed by atoms with E-state index in [0.717, 1.165) is 0 Å². The van der Waals surface area contributed by atoms with E-state index in [1.54, 1.807) is 55.1 Å². The van der Waals surface area contributed by atoms with E-state index in [0.29, 0.717) is 52.5 Å². The Morgan fingerprint density at radius 3 is 2.47 bits per heavy atom. The Morgan fingerprint density at radius 1 is 0.917 bits per heavy atom. The minimum atomic E-state index is -0.277. The van der Waals surface area contributed by atoms with Crippen molar-refractivity contribution in [3.63, 3.8) is 0 Å². The third-order valence-electron chi connectivity index (χ3n) is 5.07. The summed E-state index contributed by atoms with van der Waals surface area (Å²) >= 11 is 0. The van der Waals surface area contributed by atoms with Crippen molar-refractivity contribution in [2.75, 3.05) is 40.6 Å². The summed E-state index contributed by atoms with van der Waals surface area (Å²) in [5.41, 5.74) is 1.25. The fourth-order valence-corrected chi connectivity index (χ4v) is 3.38. The lowest BCUT2D eigenvalue weighted by Gasteiger charge is -2.12. The predicted octanol–water partition coefficient (Wildman–Crippen LogP) is 2.78. The highest BCUT2D eigenvalue weighted by atomic mass is 16.5. The number of para-hydroxylation sites is 2. The van der Waals surface area contributed by atoms with Gasteiger partial charge in [-0.25, -0.2) is 0 Å². The zero-order valence-electron chi connectivity index (χ0n) is 20.3. The number of carbonyl (C=O) groups is 1. The molecule has 0 saturated carbocycles. The first-order chi connectivity index (χ1) is 17.6. The molecule has 0 fully saturated rings. The Kier molecular flexibility index (Phi) is 8.01. The molecule has 2 heterocycles. The number of nitrogens with zero attached hydrogens (tertiary/aromatic N) is 4. The molecule has 0 bridgehead atoms.